The van der Waals surface area contributed by atoms with Crippen LogP contribution in [0.2, 0.25) is 0 Å². The molecule has 7 heteroatoms. The molecule has 15 rings (SSSR count). The highest BCUT2D eigenvalue weighted by Gasteiger charge is 2.44. The van der Waals surface area contributed by atoms with Crippen molar-refractivity contribution in [2.24, 2.45) is 0 Å². The molecule has 0 saturated heterocycles. The van der Waals surface area contributed by atoms with Gasteiger partial charge in [-0.05, 0) is 196 Å². The molecule has 0 unspecified atom stereocenters. The van der Waals surface area contributed by atoms with E-state index in [9.17, 15) is 0 Å². The lowest BCUT2D eigenvalue weighted by molar-refractivity contribution is 0.590. The molecule has 0 atom stereocenters. The Kier molecular flexibility index (Phi) is 15.1. The summed E-state index contributed by atoms with van der Waals surface area (Å²) in [6.07, 6.45) is 0. The molecule has 0 bridgehead atoms. The normalized spacial score (nSPS) is 12.3. The van der Waals surface area contributed by atoms with Crippen LogP contribution in [0.15, 0.2) is 334 Å². The van der Waals surface area contributed by atoms with E-state index in [-0.39, 0.29) is 17.5 Å². The second-order valence-corrected chi connectivity index (χ2v) is 26.3. The highest BCUT2D eigenvalue weighted by Crippen LogP contribution is 2.52. The highest BCUT2D eigenvalue weighted by molar-refractivity contribution is 7.00. The summed E-state index contributed by atoms with van der Waals surface area (Å²) < 4.78 is 0. The number of hydrogen-bond acceptors (Lipinski definition) is 6. The van der Waals surface area contributed by atoms with Crippen molar-refractivity contribution in [1.29, 1.82) is 0 Å². The van der Waals surface area contributed by atoms with Crippen molar-refractivity contribution in [2.45, 2.75) is 52.4 Å². The van der Waals surface area contributed by atoms with Crippen LogP contribution in [0.3, 0.4) is 0 Å². The monoisotopic (exact) mass is 1200 g/mol. The van der Waals surface area contributed by atoms with Gasteiger partial charge in [-0.3, -0.25) is 0 Å². The van der Waals surface area contributed by atoms with Gasteiger partial charge in [0.2, 0.25) is 0 Å². The van der Waals surface area contributed by atoms with Gasteiger partial charge in [0.1, 0.15) is 0 Å². The first-order valence-electron chi connectivity index (χ1n) is 32.4. The molecule has 0 fully saturated rings. The van der Waals surface area contributed by atoms with E-state index < -0.39 is 0 Å². The second kappa shape index (κ2) is 24.2. The highest BCUT2D eigenvalue weighted by atomic mass is 15.2. The zero-order valence-corrected chi connectivity index (χ0v) is 53.5. The Balaban J connectivity index is 1.04. The number of rotatable bonds is 14. The van der Waals surface area contributed by atoms with E-state index in [0.29, 0.717) is 0 Å². The van der Waals surface area contributed by atoms with Crippen LogP contribution in [0.5, 0.6) is 0 Å². The van der Waals surface area contributed by atoms with Crippen LogP contribution in [0.1, 0.15) is 52.7 Å². The number of benzene rings is 13. The van der Waals surface area contributed by atoms with E-state index in [1.54, 1.807) is 0 Å². The molecule has 0 saturated carbocycles. The van der Waals surface area contributed by atoms with Crippen molar-refractivity contribution in [3.05, 3.63) is 345 Å². The molecule has 2 heterocycles. The van der Waals surface area contributed by atoms with Crippen molar-refractivity contribution in [3.63, 3.8) is 0 Å². The van der Waals surface area contributed by atoms with Crippen LogP contribution in [0, 0.1) is 0 Å². The van der Waals surface area contributed by atoms with Gasteiger partial charge in [-0.2, -0.15) is 0 Å². The largest absolute Gasteiger partial charge is 0.311 e. The summed E-state index contributed by atoms with van der Waals surface area (Å²) >= 11 is 0. The minimum Gasteiger partial charge on any atom is -0.311 e. The first-order chi connectivity index (χ1) is 45.4. The molecule has 2 aliphatic heterocycles. The molecule has 93 heavy (non-hydrogen) atoms. The minimum absolute atomic E-state index is 0.132. The topological polar surface area (TPSA) is 19.4 Å². The lowest BCUT2D eigenvalue weighted by atomic mass is 9.33. The van der Waals surface area contributed by atoms with Crippen molar-refractivity contribution in [2.75, 3.05) is 29.4 Å². The molecule has 2 aliphatic rings. The predicted molar refractivity (Wildman–Crippen MR) is 397 cm³/mol. The van der Waals surface area contributed by atoms with Gasteiger partial charge < -0.3 is 29.4 Å². The Morgan fingerprint density at radius 1 is 0.226 bits per heavy atom. The fourth-order valence-corrected chi connectivity index (χ4v) is 13.8. The standard InChI is InChI=1S/C86H73BN6/c1-85(2,3)62-50-52-78-82(54-62)92(76-58-72(88(64-32-15-7-16-33-64)65-34-17-8-18-35-65)56-73(59-76)89(66-36-19-9-20-37-66)67-38-21-10-22-39-67)80-48-31-49-81-84(80)87(78)79-53-51-63(86(4,5)6)55-83(79)93(81)77-60-74(90(68-40-23-11-24-41-68)69-42-25-12-26-43-69)57-75(61-77)91(70-44-27-13-28-45-70)71-46-29-14-30-47-71/h7-61H,1-6H3. The summed E-state index contributed by atoms with van der Waals surface area (Å²) in [5.74, 6) is 0. The van der Waals surface area contributed by atoms with Gasteiger partial charge in [0.15, 0.2) is 0 Å². The molecular weight excluding hydrogens is 1130 g/mol. The average molecular weight is 1200 g/mol. The molecule has 6 nitrogen and oxygen atoms in total. The minimum atomic E-state index is -0.156. The first-order valence-corrected chi connectivity index (χ1v) is 32.4. The van der Waals surface area contributed by atoms with Gasteiger partial charge in [0.25, 0.3) is 6.71 Å². The molecule has 0 amide bonds. The van der Waals surface area contributed by atoms with Crippen LogP contribution in [0.25, 0.3) is 0 Å². The summed E-state index contributed by atoms with van der Waals surface area (Å²) in [6.45, 7) is 13.9. The van der Waals surface area contributed by atoms with E-state index in [0.717, 1.165) is 102 Å². The van der Waals surface area contributed by atoms with Crippen molar-refractivity contribution in [1.82, 2.24) is 0 Å². The zero-order chi connectivity index (χ0) is 63.2. The molecule has 0 aromatic heterocycles. The Morgan fingerprint density at radius 2 is 0.462 bits per heavy atom. The third kappa shape index (κ3) is 11.1. The number of fused-ring (bicyclic) bond motifs is 4. The number of anilines is 18. The van der Waals surface area contributed by atoms with Crippen LogP contribution >= 0.6 is 0 Å². The van der Waals surface area contributed by atoms with E-state index in [2.05, 4.69) is 405 Å². The van der Waals surface area contributed by atoms with E-state index in [1.165, 1.54) is 27.5 Å². The maximum atomic E-state index is 2.59. The molecule has 13 aromatic carbocycles. The third-order valence-electron chi connectivity index (χ3n) is 18.2. The Morgan fingerprint density at radius 3 is 0.688 bits per heavy atom. The van der Waals surface area contributed by atoms with Gasteiger partial charge >= 0.3 is 0 Å². The van der Waals surface area contributed by atoms with Crippen LogP contribution in [-0.4, -0.2) is 6.71 Å². The van der Waals surface area contributed by atoms with Gasteiger partial charge in [-0.25, -0.2) is 0 Å². The maximum absolute atomic E-state index is 2.59. The SMILES string of the molecule is CC(C)(C)c1ccc2c(c1)N(c1cc(N(c3ccccc3)c3ccccc3)cc(N(c3ccccc3)c3ccccc3)c1)c1cccc3c1B2c1ccc(C(C)(C)C)cc1N3c1cc(N(c2ccccc2)c2ccccc2)cc(N(c2ccccc2)c2ccccc2)c1. The van der Waals surface area contributed by atoms with E-state index in [1.807, 2.05) is 0 Å². The lowest BCUT2D eigenvalue weighted by Crippen LogP contribution is -2.61. The van der Waals surface area contributed by atoms with Gasteiger partial charge in [0, 0.05) is 68.2 Å². The molecule has 450 valence electrons. The van der Waals surface area contributed by atoms with Crippen LogP contribution in [0.4, 0.5) is 102 Å². The summed E-state index contributed by atoms with van der Waals surface area (Å²) in [5.41, 5.74) is 25.1. The summed E-state index contributed by atoms with van der Waals surface area (Å²) in [6, 6.07) is 122. The molecule has 0 spiro atoms. The Hall–Kier alpha value is -11.3. The van der Waals surface area contributed by atoms with Crippen LogP contribution in [-0.2, 0) is 10.8 Å². The number of para-hydroxylation sites is 8. The lowest BCUT2D eigenvalue weighted by Gasteiger charge is -2.45. The first kappa shape index (κ1) is 58.1. The summed E-state index contributed by atoms with van der Waals surface area (Å²) in [5, 5.41) is 0. The van der Waals surface area contributed by atoms with Crippen molar-refractivity contribution in [3.8, 4) is 0 Å². The fraction of sp³-hybridized carbons (Fsp3) is 0.0930. The second-order valence-electron chi connectivity index (χ2n) is 26.3. The molecule has 0 aliphatic carbocycles. The van der Waals surface area contributed by atoms with Crippen molar-refractivity contribution >= 4 is 125 Å². The van der Waals surface area contributed by atoms with E-state index in [4.69, 9.17) is 0 Å². The molecule has 0 N–H and O–H groups in total. The fourth-order valence-electron chi connectivity index (χ4n) is 13.8. The average Bonchev–Trinajstić information content (AvgIpc) is 0.698. The molecule has 13 aromatic rings. The predicted octanol–water partition coefficient (Wildman–Crippen LogP) is 22.2. The van der Waals surface area contributed by atoms with Crippen LogP contribution < -0.4 is 45.8 Å². The quantitative estimate of drug-likeness (QED) is 0.100. The number of nitrogens with zero attached hydrogens (tertiary/aromatic N) is 6. The van der Waals surface area contributed by atoms with Gasteiger partial charge in [0.05, 0.1) is 34.1 Å². The summed E-state index contributed by atoms with van der Waals surface area (Å²) in [7, 11) is 0. The van der Waals surface area contributed by atoms with Gasteiger partial charge in [-0.1, -0.05) is 217 Å². The van der Waals surface area contributed by atoms with E-state index >= 15 is 0 Å². The van der Waals surface area contributed by atoms with Gasteiger partial charge in [-0.15, -0.1) is 0 Å². The maximum Gasteiger partial charge on any atom is 0.252 e. The summed E-state index contributed by atoms with van der Waals surface area (Å²) in [4.78, 5) is 14.8. The zero-order valence-electron chi connectivity index (χ0n) is 53.5. The smallest absolute Gasteiger partial charge is 0.252 e. The third-order valence-corrected chi connectivity index (χ3v) is 18.2. The number of hydrogen-bond donors (Lipinski definition) is 0. The molecule has 0 radical (unpaired) electrons. The Labute approximate surface area is 548 Å². The van der Waals surface area contributed by atoms with Crippen molar-refractivity contribution < 1.29 is 0 Å². The molecular formula is C86H73BN6. The Bertz CT molecular complexity index is 4110.